The highest BCUT2D eigenvalue weighted by atomic mass is 16.6. The van der Waals surface area contributed by atoms with Crippen molar-refractivity contribution in [2.24, 2.45) is 0 Å². The standard InChI is InChI=1S/C11H22N4O2/c16-11(15-6-4-12-5-7-15)17-8-1-10-9-13-2-3-14-10/h10,12-14H,1-9H2. The summed E-state index contributed by atoms with van der Waals surface area (Å²) in [6, 6.07) is 0.430. The Bertz CT molecular complexity index is 238. The Balaban J connectivity index is 1.58. The lowest BCUT2D eigenvalue weighted by atomic mass is 10.2. The fraction of sp³-hybridized carbons (Fsp3) is 0.909. The van der Waals surface area contributed by atoms with Crippen molar-refractivity contribution >= 4 is 6.09 Å². The zero-order valence-electron chi connectivity index (χ0n) is 10.2. The minimum Gasteiger partial charge on any atom is -0.449 e. The maximum absolute atomic E-state index is 11.7. The van der Waals surface area contributed by atoms with E-state index in [1.54, 1.807) is 4.90 Å². The van der Waals surface area contributed by atoms with Gasteiger partial charge in [-0.2, -0.15) is 0 Å². The van der Waals surface area contributed by atoms with Gasteiger partial charge in [0.05, 0.1) is 6.61 Å². The van der Waals surface area contributed by atoms with E-state index < -0.39 is 0 Å². The van der Waals surface area contributed by atoms with Crippen molar-refractivity contribution < 1.29 is 9.53 Å². The summed E-state index contributed by atoms with van der Waals surface area (Å²) in [7, 11) is 0. The van der Waals surface area contributed by atoms with E-state index in [1.165, 1.54) is 0 Å². The third kappa shape index (κ3) is 4.14. The lowest BCUT2D eigenvalue weighted by Gasteiger charge is -2.27. The molecule has 2 aliphatic rings. The minimum atomic E-state index is -0.171. The number of ether oxygens (including phenoxy) is 1. The highest BCUT2D eigenvalue weighted by molar-refractivity contribution is 5.67. The number of hydrogen-bond donors (Lipinski definition) is 3. The van der Waals surface area contributed by atoms with E-state index >= 15 is 0 Å². The molecule has 0 aliphatic carbocycles. The molecule has 2 fully saturated rings. The highest BCUT2D eigenvalue weighted by Crippen LogP contribution is 2.00. The van der Waals surface area contributed by atoms with E-state index in [0.29, 0.717) is 12.6 Å². The lowest BCUT2D eigenvalue weighted by Crippen LogP contribution is -2.49. The highest BCUT2D eigenvalue weighted by Gasteiger charge is 2.18. The van der Waals surface area contributed by atoms with Crippen molar-refractivity contribution in [2.75, 3.05) is 52.4 Å². The molecule has 2 aliphatic heterocycles. The van der Waals surface area contributed by atoms with Gasteiger partial charge in [0.15, 0.2) is 0 Å². The number of carbonyl (C=O) groups is 1. The number of nitrogens with zero attached hydrogens (tertiary/aromatic N) is 1. The van der Waals surface area contributed by atoms with Gasteiger partial charge >= 0.3 is 6.09 Å². The van der Waals surface area contributed by atoms with Crippen LogP contribution >= 0.6 is 0 Å². The van der Waals surface area contributed by atoms with Gasteiger partial charge in [0.2, 0.25) is 0 Å². The molecule has 0 bridgehead atoms. The van der Waals surface area contributed by atoms with E-state index in [1.807, 2.05) is 0 Å². The Morgan fingerprint density at radius 1 is 1.18 bits per heavy atom. The van der Waals surface area contributed by atoms with Crippen LogP contribution in [0.25, 0.3) is 0 Å². The largest absolute Gasteiger partial charge is 0.449 e. The molecule has 6 heteroatoms. The fourth-order valence-corrected chi connectivity index (χ4v) is 2.14. The second-order valence-electron chi connectivity index (χ2n) is 4.50. The molecule has 1 unspecified atom stereocenters. The summed E-state index contributed by atoms with van der Waals surface area (Å²) in [5, 5.41) is 9.92. The van der Waals surface area contributed by atoms with Gasteiger partial charge in [-0.05, 0) is 6.42 Å². The van der Waals surface area contributed by atoms with Crippen LogP contribution in [0.4, 0.5) is 4.79 Å². The predicted molar refractivity (Wildman–Crippen MR) is 65.1 cm³/mol. The van der Waals surface area contributed by atoms with Gasteiger partial charge in [0.25, 0.3) is 0 Å². The van der Waals surface area contributed by atoms with Crippen molar-refractivity contribution in [3.8, 4) is 0 Å². The molecule has 98 valence electrons. The van der Waals surface area contributed by atoms with Gasteiger partial charge in [0, 0.05) is 51.9 Å². The summed E-state index contributed by atoms with van der Waals surface area (Å²) < 4.78 is 5.28. The molecule has 6 nitrogen and oxygen atoms in total. The molecule has 0 aromatic carbocycles. The van der Waals surface area contributed by atoms with Crippen LogP contribution in [0.5, 0.6) is 0 Å². The van der Waals surface area contributed by atoms with Crippen LogP contribution in [0.2, 0.25) is 0 Å². The molecule has 1 amide bonds. The number of rotatable bonds is 3. The van der Waals surface area contributed by atoms with Crippen LogP contribution in [0.15, 0.2) is 0 Å². The number of piperazine rings is 2. The molecule has 17 heavy (non-hydrogen) atoms. The Hall–Kier alpha value is -0.850. The van der Waals surface area contributed by atoms with E-state index in [-0.39, 0.29) is 6.09 Å². The number of carbonyl (C=O) groups excluding carboxylic acids is 1. The second-order valence-corrected chi connectivity index (χ2v) is 4.50. The third-order valence-corrected chi connectivity index (χ3v) is 3.19. The zero-order valence-corrected chi connectivity index (χ0v) is 10.2. The Kier molecular flexibility index (Phi) is 5.03. The van der Waals surface area contributed by atoms with Gasteiger partial charge in [-0.25, -0.2) is 4.79 Å². The second kappa shape index (κ2) is 6.78. The van der Waals surface area contributed by atoms with E-state index in [9.17, 15) is 4.79 Å². The molecule has 0 spiro atoms. The van der Waals surface area contributed by atoms with Gasteiger partial charge in [-0.1, -0.05) is 0 Å². The number of hydrogen-bond acceptors (Lipinski definition) is 5. The summed E-state index contributed by atoms with van der Waals surface area (Å²) in [5.41, 5.74) is 0. The van der Waals surface area contributed by atoms with Crippen LogP contribution in [0.3, 0.4) is 0 Å². The molecule has 2 rings (SSSR count). The molecule has 1 atom stereocenters. The minimum absolute atomic E-state index is 0.171. The van der Waals surface area contributed by atoms with Crippen LogP contribution in [0.1, 0.15) is 6.42 Å². The third-order valence-electron chi connectivity index (χ3n) is 3.19. The fourth-order valence-electron chi connectivity index (χ4n) is 2.14. The molecule has 2 saturated heterocycles. The predicted octanol–water partition coefficient (Wildman–Crippen LogP) is -1.02. The van der Waals surface area contributed by atoms with Gasteiger partial charge in [0.1, 0.15) is 0 Å². The first-order chi connectivity index (χ1) is 8.36. The molecule has 0 saturated carbocycles. The van der Waals surface area contributed by atoms with E-state index in [2.05, 4.69) is 16.0 Å². The monoisotopic (exact) mass is 242 g/mol. The summed E-state index contributed by atoms with van der Waals surface area (Å²) in [5.74, 6) is 0. The SMILES string of the molecule is O=C(OCCC1CNCCN1)N1CCNCC1. The Labute approximate surface area is 102 Å². The topological polar surface area (TPSA) is 65.6 Å². The molecular formula is C11H22N4O2. The first-order valence-corrected chi connectivity index (χ1v) is 6.43. The molecule has 2 heterocycles. The first kappa shape index (κ1) is 12.6. The normalized spacial score (nSPS) is 25.6. The number of nitrogens with one attached hydrogen (secondary N) is 3. The van der Waals surface area contributed by atoms with Gasteiger partial charge in [-0.3, -0.25) is 0 Å². The van der Waals surface area contributed by atoms with Crippen LogP contribution in [-0.2, 0) is 4.74 Å². The number of amides is 1. The van der Waals surface area contributed by atoms with Crippen molar-refractivity contribution in [1.82, 2.24) is 20.9 Å². The van der Waals surface area contributed by atoms with E-state index in [0.717, 1.165) is 52.2 Å². The zero-order chi connectivity index (χ0) is 11.9. The Morgan fingerprint density at radius 2 is 2.00 bits per heavy atom. The molecule has 0 aromatic rings. The summed E-state index contributed by atoms with van der Waals surface area (Å²) in [4.78, 5) is 13.4. The van der Waals surface area contributed by atoms with Crippen LogP contribution < -0.4 is 16.0 Å². The van der Waals surface area contributed by atoms with Crippen LogP contribution in [-0.4, -0.2) is 69.5 Å². The average Bonchev–Trinajstić information content (AvgIpc) is 2.41. The smallest absolute Gasteiger partial charge is 0.409 e. The molecular weight excluding hydrogens is 220 g/mol. The first-order valence-electron chi connectivity index (χ1n) is 6.43. The quantitative estimate of drug-likeness (QED) is 0.591. The Morgan fingerprint density at radius 3 is 2.71 bits per heavy atom. The maximum atomic E-state index is 11.7. The van der Waals surface area contributed by atoms with Gasteiger partial charge in [-0.15, -0.1) is 0 Å². The van der Waals surface area contributed by atoms with Crippen molar-refractivity contribution in [3.63, 3.8) is 0 Å². The lowest BCUT2D eigenvalue weighted by molar-refractivity contribution is 0.0934. The maximum Gasteiger partial charge on any atom is 0.409 e. The summed E-state index contributed by atoms with van der Waals surface area (Å²) >= 11 is 0. The molecule has 0 radical (unpaired) electrons. The molecule has 3 N–H and O–H groups in total. The van der Waals surface area contributed by atoms with Crippen molar-refractivity contribution in [3.05, 3.63) is 0 Å². The van der Waals surface area contributed by atoms with Crippen molar-refractivity contribution in [2.45, 2.75) is 12.5 Å². The van der Waals surface area contributed by atoms with Crippen LogP contribution in [0, 0.1) is 0 Å². The van der Waals surface area contributed by atoms with E-state index in [4.69, 9.17) is 4.74 Å². The molecule has 0 aromatic heterocycles. The van der Waals surface area contributed by atoms with Gasteiger partial charge < -0.3 is 25.6 Å². The summed E-state index contributed by atoms with van der Waals surface area (Å²) in [6.07, 6.45) is 0.709. The average molecular weight is 242 g/mol. The summed E-state index contributed by atoms with van der Waals surface area (Å²) in [6.45, 7) is 6.72. The van der Waals surface area contributed by atoms with Crippen molar-refractivity contribution in [1.29, 1.82) is 0 Å².